The number of rotatable bonds is 2. The van der Waals surface area contributed by atoms with Gasteiger partial charge in [0, 0.05) is 25.4 Å². The number of fused-ring (bicyclic) bond motifs is 5. The van der Waals surface area contributed by atoms with Gasteiger partial charge in [-0.2, -0.15) is 4.89 Å². The molecule has 4 fully saturated rings. The molecule has 3 aliphatic carbocycles. The molecule has 0 radical (unpaired) electrons. The number of likely N-dealkylation sites (tertiary alicyclic amines) is 1. The molecule has 4 aliphatic rings. The van der Waals surface area contributed by atoms with Crippen LogP contribution < -0.4 is 0 Å². The fraction of sp³-hybridized carbons (Fsp3) is 0.905. The molecule has 0 aromatic heterocycles. The Hall–Kier alpha value is -0.680. The van der Waals surface area contributed by atoms with Crippen LogP contribution in [0, 0.1) is 34.5 Å². The average Bonchev–Trinajstić information content (AvgIpc) is 2.96. The summed E-state index contributed by atoms with van der Waals surface area (Å²) in [5.74, 6) is 2.92. The quantitative estimate of drug-likeness (QED) is 0.406. The predicted molar refractivity (Wildman–Crippen MR) is 104 cm³/mol. The molecular formula is C21H33NO3S. The van der Waals surface area contributed by atoms with Gasteiger partial charge in [-0.25, -0.2) is 0 Å². The summed E-state index contributed by atoms with van der Waals surface area (Å²) in [6, 6.07) is 0.435. The molecule has 0 aromatic rings. The summed E-state index contributed by atoms with van der Waals surface area (Å²) < 4.78 is 0. The summed E-state index contributed by atoms with van der Waals surface area (Å²) >= 11 is 5.55. The highest BCUT2D eigenvalue weighted by Gasteiger charge is 2.61. The lowest BCUT2D eigenvalue weighted by molar-refractivity contribution is -0.199. The van der Waals surface area contributed by atoms with Gasteiger partial charge < -0.3 is 9.79 Å². The van der Waals surface area contributed by atoms with E-state index in [0.717, 1.165) is 43.4 Å². The summed E-state index contributed by atoms with van der Waals surface area (Å²) in [5, 5.41) is 0.652. The van der Waals surface area contributed by atoms with Gasteiger partial charge in [0.05, 0.1) is 7.11 Å². The molecular weight excluding hydrogens is 346 g/mol. The van der Waals surface area contributed by atoms with Crippen LogP contribution in [0.25, 0.3) is 0 Å². The zero-order chi connectivity index (χ0) is 18.7. The summed E-state index contributed by atoms with van der Waals surface area (Å²) in [4.78, 5) is 24.5. The highest BCUT2D eigenvalue weighted by molar-refractivity contribution is 7.80. The van der Waals surface area contributed by atoms with Crippen LogP contribution in [-0.2, 0) is 14.6 Å². The molecule has 0 bridgehead atoms. The standard InChI is InChI=1S/C21H33NO3S/c1-20-11-9-15-13(14(20)6-7-16(20)19(26)25-24-4)5-8-17-21(15,2)12-10-18(23)22(17)3/h13-17H,5-12H2,1-4H3/t13-,14-,15-,16+,17+,20-,21+/m0/s1. The van der Waals surface area contributed by atoms with E-state index in [0.29, 0.717) is 22.9 Å². The molecule has 4 nitrogen and oxygen atoms in total. The molecule has 1 aliphatic heterocycles. The Morgan fingerprint density at radius 2 is 1.81 bits per heavy atom. The molecule has 1 heterocycles. The molecule has 7 atom stereocenters. The molecule has 0 spiro atoms. The topological polar surface area (TPSA) is 38.8 Å². The Morgan fingerprint density at radius 1 is 1.08 bits per heavy atom. The molecule has 26 heavy (non-hydrogen) atoms. The van der Waals surface area contributed by atoms with Gasteiger partial charge in [-0.1, -0.05) is 13.8 Å². The van der Waals surface area contributed by atoms with E-state index in [1.165, 1.54) is 25.7 Å². The first-order valence-corrected chi connectivity index (χ1v) is 10.7. The minimum atomic E-state index is 0.246. The van der Waals surface area contributed by atoms with E-state index in [2.05, 4.69) is 18.7 Å². The first kappa shape index (κ1) is 18.7. The Balaban J connectivity index is 1.59. The van der Waals surface area contributed by atoms with Crippen LogP contribution in [0.15, 0.2) is 0 Å². The lowest BCUT2D eigenvalue weighted by Crippen LogP contribution is -2.61. The zero-order valence-corrected chi connectivity index (χ0v) is 17.4. The summed E-state index contributed by atoms with van der Waals surface area (Å²) in [6.45, 7) is 4.92. The van der Waals surface area contributed by atoms with Crippen LogP contribution in [0.3, 0.4) is 0 Å². The van der Waals surface area contributed by atoms with Crippen molar-refractivity contribution in [2.75, 3.05) is 14.2 Å². The largest absolute Gasteiger partial charge is 0.342 e. The van der Waals surface area contributed by atoms with Crippen LogP contribution >= 0.6 is 12.2 Å². The highest BCUT2D eigenvalue weighted by Crippen LogP contribution is 2.66. The van der Waals surface area contributed by atoms with Crippen LogP contribution in [0.1, 0.15) is 65.2 Å². The van der Waals surface area contributed by atoms with E-state index in [4.69, 9.17) is 22.0 Å². The number of nitrogens with zero attached hydrogens (tertiary/aromatic N) is 1. The Kier molecular flexibility index (Phi) is 4.62. The Labute approximate surface area is 162 Å². The number of amides is 1. The molecule has 4 rings (SSSR count). The van der Waals surface area contributed by atoms with E-state index in [1.807, 2.05) is 7.05 Å². The minimum absolute atomic E-state index is 0.246. The summed E-state index contributed by atoms with van der Waals surface area (Å²) in [5.41, 5.74) is 0.533. The SMILES string of the molecule is COOC(=S)[C@H]1CC[C@H]2[C@@H]3CC[C@H]4N(C)C(=O)CC[C@]4(C)[C@H]3CC[C@]12C. The fourth-order valence-electron chi connectivity index (χ4n) is 7.68. The minimum Gasteiger partial charge on any atom is -0.342 e. The van der Waals surface area contributed by atoms with Gasteiger partial charge in [0.2, 0.25) is 11.0 Å². The Bertz CT molecular complexity index is 610. The number of carbonyl (C=O) groups excluding carboxylic acids is 1. The second kappa shape index (κ2) is 6.44. The van der Waals surface area contributed by atoms with E-state index >= 15 is 0 Å². The second-order valence-electron chi connectivity index (χ2n) is 9.72. The summed E-state index contributed by atoms with van der Waals surface area (Å²) in [7, 11) is 3.57. The zero-order valence-electron chi connectivity index (χ0n) is 16.6. The Morgan fingerprint density at radius 3 is 2.54 bits per heavy atom. The van der Waals surface area contributed by atoms with Crippen molar-refractivity contribution in [3.63, 3.8) is 0 Å². The van der Waals surface area contributed by atoms with Crippen molar-refractivity contribution in [3.05, 3.63) is 0 Å². The van der Waals surface area contributed by atoms with Gasteiger partial charge in [0.25, 0.3) is 0 Å². The maximum atomic E-state index is 12.3. The van der Waals surface area contributed by atoms with Crippen LogP contribution in [0.5, 0.6) is 0 Å². The number of hydrogen-bond donors (Lipinski definition) is 0. The molecule has 3 saturated carbocycles. The number of carbonyl (C=O) groups is 1. The molecule has 5 heteroatoms. The average molecular weight is 380 g/mol. The predicted octanol–water partition coefficient (Wildman–Crippen LogP) is 4.37. The fourth-order valence-corrected chi connectivity index (χ4v) is 8.13. The number of thiocarbonyl (C=S) groups is 1. The highest BCUT2D eigenvalue weighted by atomic mass is 32.1. The third-order valence-corrected chi connectivity index (χ3v) is 9.36. The van der Waals surface area contributed by atoms with Crippen molar-refractivity contribution in [2.24, 2.45) is 34.5 Å². The lowest BCUT2D eigenvalue weighted by Gasteiger charge is -2.61. The van der Waals surface area contributed by atoms with Crippen molar-refractivity contribution >= 4 is 23.2 Å². The van der Waals surface area contributed by atoms with Crippen LogP contribution in [-0.4, -0.2) is 36.1 Å². The molecule has 146 valence electrons. The molecule has 1 saturated heterocycles. The lowest BCUT2D eigenvalue weighted by atomic mass is 9.47. The van der Waals surface area contributed by atoms with E-state index in [1.54, 1.807) is 7.11 Å². The van der Waals surface area contributed by atoms with Gasteiger partial charge in [-0.15, -0.1) is 0 Å². The smallest absolute Gasteiger partial charge is 0.222 e. The van der Waals surface area contributed by atoms with Gasteiger partial charge in [-0.3, -0.25) is 4.79 Å². The number of hydrogen-bond acceptors (Lipinski definition) is 4. The van der Waals surface area contributed by atoms with Crippen molar-refractivity contribution in [1.82, 2.24) is 4.90 Å². The molecule has 0 unspecified atom stereocenters. The van der Waals surface area contributed by atoms with E-state index < -0.39 is 0 Å². The third kappa shape index (κ3) is 2.49. The van der Waals surface area contributed by atoms with Gasteiger partial charge >= 0.3 is 0 Å². The van der Waals surface area contributed by atoms with Crippen LogP contribution in [0.2, 0.25) is 0 Å². The summed E-state index contributed by atoms with van der Waals surface area (Å²) in [6.07, 6.45) is 9.08. The normalized spacial score (nSPS) is 47.8. The van der Waals surface area contributed by atoms with Crippen molar-refractivity contribution in [1.29, 1.82) is 0 Å². The molecule has 0 N–H and O–H groups in total. The maximum Gasteiger partial charge on any atom is 0.222 e. The van der Waals surface area contributed by atoms with Crippen molar-refractivity contribution in [2.45, 2.75) is 71.3 Å². The molecule has 1 amide bonds. The van der Waals surface area contributed by atoms with Gasteiger partial charge in [0.1, 0.15) is 0 Å². The first-order chi connectivity index (χ1) is 12.3. The first-order valence-electron chi connectivity index (χ1n) is 10.3. The monoisotopic (exact) mass is 379 g/mol. The third-order valence-electron chi connectivity index (χ3n) is 9.01. The maximum absolute atomic E-state index is 12.3. The van der Waals surface area contributed by atoms with Crippen molar-refractivity contribution in [3.8, 4) is 0 Å². The van der Waals surface area contributed by atoms with Gasteiger partial charge in [0.15, 0.2) is 0 Å². The second-order valence-corrected chi connectivity index (χ2v) is 10.1. The van der Waals surface area contributed by atoms with E-state index in [-0.39, 0.29) is 10.8 Å². The van der Waals surface area contributed by atoms with Crippen molar-refractivity contribution < 1.29 is 14.6 Å². The molecule has 0 aromatic carbocycles. The van der Waals surface area contributed by atoms with Gasteiger partial charge in [-0.05, 0) is 85.7 Å². The van der Waals surface area contributed by atoms with E-state index in [9.17, 15) is 4.79 Å². The van der Waals surface area contributed by atoms with Crippen LogP contribution in [0.4, 0.5) is 0 Å². The number of piperidine rings is 1.